The first kappa shape index (κ1) is 28.8. The molecule has 0 saturated heterocycles. The van der Waals surface area contributed by atoms with Crippen LogP contribution < -0.4 is 15.3 Å². The third-order valence-corrected chi connectivity index (χ3v) is 0.694. The van der Waals surface area contributed by atoms with Crippen molar-refractivity contribution in [1.29, 1.82) is 0 Å². The van der Waals surface area contributed by atoms with Crippen molar-refractivity contribution in [3.63, 3.8) is 0 Å². The van der Waals surface area contributed by atoms with Gasteiger partial charge in [0.15, 0.2) is 0 Å². The molecule has 0 atom stereocenters. The van der Waals surface area contributed by atoms with Crippen LogP contribution in [-0.2, 0) is 14.4 Å². The maximum Gasteiger partial charge on any atom is 3.00 e. The van der Waals surface area contributed by atoms with Crippen molar-refractivity contribution in [2.45, 2.75) is 18.5 Å². The molecule has 0 heterocycles. The Balaban J connectivity index is -0.000000108. The SMILES string of the molecule is O=C([O-])C(F)(F)F.O=C([O-])C(F)(F)F.O=C([O-])C(F)(F)F.[In+3]. The third kappa shape index (κ3) is 21.0. The fourth-order valence-corrected chi connectivity index (χ4v) is 0. The van der Waals surface area contributed by atoms with Crippen LogP contribution >= 0.6 is 0 Å². The minimum absolute atomic E-state index is 0. The Labute approximate surface area is 132 Å². The van der Waals surface area contributed by atoms with E-state index in [-0.39, 0.29) is 25.8 Å². The van der Waals surface area contributed by atoms with Crippen LogP contribution in [0.4, 0.5) is 39.5 Å². The quantitative estimate of drug-likeness (QED) is 0.374. The zero-order chi connectivity index (χ0) is 18.2. The van der Waals surface area contributed by atoms with Crippen LogP contribution in [0, 0.1) is 0 Å². The number of carbonyl (C=O) groups excluding carboxylic acids is 3. The van der Waals surface area contributed by atoms with Crippen molar-refractivity contribution >= 4 is 43.8 Å². The first-order valence-electron chi connectivity index (χ1n) is 3.68. The summed E-state index contributed by atoms with van der Waals surface area (Å²) < 4.78 is 94.6. The number of hydrogen-bond donors (Lipinski definition) is 0. The number of alkyl halides is 9. The summed E-state index contributed by atoms with van der Waals surface area (Å²) in [7, 11) is 0. The van der Waals surface area contributed by atoms with Gasteiger partial charge in [0.05, 0.1) is 0 Å². The van der Waals surface area contributed by atoms with Crippen molar-refractivity contribution in [2.24, 2.45) is 0 Å². The van der Waals surface area contributed by atoms with E-state index in [4.69, 9.17) is 29.7 Å². The molecule has 126 valence electrons. The Morgan fingerprint density at radius 1 is 0.500 bits per heavy atom. The van der Waals surface area contributed by atoms with Crippen molar-refractivity contribution in [3.8, 4) is 0 Å². The van der Waals surface area contributed by atoms with Crippen LogP contribution in [0.5, 0.6) is 0 Å². The van der Waals surface area contributed by atoms with E-state index in [2.05, 4.69) is 0 Å². The average Bonchev–Trinajstić information content (AvgIpc) is 2.14. The Morgan fingerprint density at radius 3 is 0.545 bits per heavy atom. The van der Waals surface area contributed by atoms with Gasteiger partial charge in [-0.2, -0.15) is 39.5 Å². The Hall–Kier alpha value is -1.35. The maximum atomic E-state index is 10.5. The second-order valence-corrected chi connectivity index (χ2v) is 2.36. The molecular weight excluding hydrogens is 454 g/mol. The van der Waals surface area contributed by atoms with E-state index in [1.54, 1.807) is 0 Å². The first-order valence-corrected chi connectivity index (χ1v) is 3.68. The van der Waals surface area contributed by atoms with Gasteiger partial charge in [0.2, 0.25) is 0 Å². The average molecular weight is 454 g/mol. The zero-order valence-electron chi connectivity index (χ0n) is 9.43. The molecule has 0 spiro atoms. The Bertz CT molecular complexity index is 313. The molecule has 0 aliphatic rings. The standard InChI is InChI=1S/3C2HF3O2.In/c3*3-2(4,5)1(6)7;/h3*(H,6,7);/q;;;+3/p-3. The predicted octanol–water partition coefficient (Wildman–Crippen LogP) is -2.49. The summed E-state index contributed by atoms with van der Waals surface area (Å²) in [6.45, 7) is 0. The number of halogens is 9. The molecule has 0 aromatic carbocycles. The molecule has 0 rings (SSSR count). The molecular formula is C6F9InO6. The summed E-state index contributed by atoms with van der Waals surface area (Å²) >= 11 is 0. The molecule has 0 aliphatic carbocycles. The van der Waals surface area contributed by atoms with E-state index in [0.29, 0.717) is 0 Å². The largest absolute Gasteiger partial charge is 3.00 e. The van der Waals surface area contributed by atoms with E-state index in [1.165, 1.54) is 0 Å². The summed E-state index contributed by atoms with van der Waals surface area (Å²) in [5.41, 5.74) is 0. The molecule has 0 amide bonds. The van der Waals surface area contributed by atoms with Gasteiger partial charge in [-0.05, 0) is 0 Å². The molecule has 0 aromatic heterocycles. The maximum absolute atomic E-state index is 10.5. The molecule has 0 aromatic rings. The first-order chi connectivity index (χ1) is 8.83. The van der Waals surface area contributed by atoms with Crippen molar-refractivity contribution in [1.82, 2.24) is 0 Å². The second-order valence-electron chi connectivity index (χ2n) is 2.36. The predicted molar refractivity (Wildman–Crippen MR) is 38.9 cm³/mol. The molecule has 0 unspecified atom stereocenters. The van der Waals surface area contributed by atoms with E-state index in [9.17, 15) is 39.5 Å². The van der Waals surface area contributed by atoms with E-state index in [1.807, 2.05) is 0 Å². The van der Waals surface area contributed by atoms with Gasteiger partial charge in [-0.15, -0.1) is 0 Å². The van der Waals surface area contributed by atoms with Gasteiger partial charge in [-0.25, -0.2) is 0 Å². The Kier molecular flexibility index (Phi) is 13.6. The van der Waals surface area contributed by atoms with Gasteiger partial charge >= 0.3 is 44.4 Å². The van der Waals surface area contributed by atoms with Gasteiger partial charge in [0, 0.05) is 0 Å². The Morgan fingerprint density at radius 2 is 0.545 bits per heavy atom. The molecule has 0 bridgehead atoms. The topological polar surface area (TPSA) is 120 Å². The van der Waals surface area contributed by atoms with Gasteiger partial charge in [0.1, 0.15) is 17.9 Å². The van der Waals surface area contributed by atoms with Crippen LogP contribution in [0.2, 0.25) is 0 Å². The monoisotopic (exact) mass is 454 g/mol. The van der Waals surface area contributed by atoms with Crippen LogP contribution in [-0.4, -0.2) is 62.3 Å². The minimum Gasteiger partial charge on any atom is -0.542 e. The van der Waals surface area contributed by atoms with Gasteiger partial charge in [-0.1, -0.05) is 0 Å². The molecule has 0 radical (unpaired) electrons. The number of carbonyl (C=O) groups is 3. The summed E-state index contributed by atoms with van der Waals surface area (Å²) in [4.78, 5) is 26.4. The molecule has 0 fully saturated rings. The molecule has 6 nitrogen and oxygen atoms in total. The number of carboxylic acid groups (broad SMARTS) is 3. The molecule has 0 saturated carbocycles. The number of carboxylic acids is 3. The summed E-state index contributed by atoms with van der Waals surface area (Å²) in [6, 6.07) is 0. The fraction of sp³-hybridized carbons (Fsp3) is 0.500. The molecule has 22 heavy (non-hydrogen) atoms. The van der Waals surface area contributed by atoms with Crippen molar-refractivity contribution in [3.05, 3.63) is 0 Å². The normalized spacial score (nSPS) is 10.8. The summed E-state index contributed by atoms with van der Waals surface area (Å²) in [5.74, 6) is -9.02. The van der Waals surface area contributed by atoms with Crippen molar-refractivity contribution in [2.75, 3.05) is 0 Å². The smallest absolute Gasteiger partial charge is 0.542 e. The third-order valence-electron chi connectivity index (χ3n) is 0.694. The second kappa shape index (κ2) is 10.4. The summed E-state index contributed by atoms with van der Waals surface area (Å²) in [5, 5.41) is 26.4. The van der Waals surface area contributed by atoms with Crippen LogP contribution in [0.15, 0.2) is 0 Å². The zero-order valence-corrected chi connectivity index (χ0v) is 12.7. The number of hydrogen-bond acceptors (Lipinski definition) is 6. The fourth-order valence-electron chi connectivity index (χ4n) is 0. The minimum atomic E-state index is -5.19. The van der Waals surface area contributed by atoms with Gasteiger partial charge < -0.3 is 29.7 Å². The van der Waals surface area contributed by atoms with Crippen LogP contribution in [0.3, 0.4) is 0 Å². The number of aliphatic carboxylic acids is 3. The number of rotatable bonds is 0. The van der Waals surface area contributed by atoms with Gasteiger partial charge in [-0.3, -0.25) is 0 Å². The molecule has 0 N–H and O–H groups in total. The molecule has 16 heteroatoms. The summed E-state index contributed by atoms with van der Waals surface area (Å²) in [6.07, 6.45) is -15.6. The van der Waals surface area contributed by atoms with Crippen LogP contribution in [0.1, 0.15) is 0 Å². The van der Waals surface area contributed by atoms with Gasteiger partial charge in [0.25, 0.3) is 0 Å². The van der Waals surface area contributed by atoms with Crippen molar-refractivity contribution < 1.29 is 69.2 Å². The van der Waals surface area contributed by atoms with E-state index >= 15 is 0 Å². The van der Waals surface area contributed by atoms with E-state index in [0.717, 1.165) is 0 Å². The van der Waals surface area contributed by atoms with E-state index < -0.39 is 36.4 Å². The van der Waals surface area contributed by atoms with Crippen LogP contribution in [0.25, 0.3) is 0 Å². The molecule has 0 aliphatic heterocycles.